The minimum atomic E-state index is 0.162. The molecule has 0 aliphatic carbocycles. The molecule has 5 nitrogen and oxygen atoms in total. The van der Waals surface area contributed by atoms with Gasteiger partial charge >= 0.3 is 0 Å². The van der Waals surface area contributed by atoms with Gasteiger partial charge in [-0.15, -0.1) is 0 Å². The summed E-state index contributed by atoms with van der Waals surface area (Å²) in [7, 11) is 2.21. The summed E-state index contributed by atoms with van der Waals surface area (Å²) < 4.78 is 5.50. The number of anilines is 1. The molecule has 1 aromatic carbocycles. The van der Waals surface area contributed by atoms with Crippen molar-refractivity contribution < 1.29 is 4.74 Å². The predicted octanol–water partition coefficient (Wildman–Crippen LogP) is 3.06. The number of benzene rings is 1. The summed E-state index contributed by atoms with van der Waals surface area (Å²) in [5.41, 5.74) is 2.69. The fraction of sp³-hybridized carbons (Fsp3) is 0.524. The van der Waals surface area contributed by atoms with E-state index in [1.165, 1.54) is 5.56 Å². The van der Waals surface area contributed by atoms with E-state index in [1.54, 1.807) is 6.33 Å². The van der Waals surface area contributed by atoms with E-state index in [4.69, 9.17) is 4.74 Å². The average Bonchev–Trinajstić information content (AvgIpc) is 3.24. The molecule has 138 valence electrons. The van der Waals surface area contributed by atoms with Gasteiger partial charge in [0.1, 0.15) is 12.1 Å². The summed E-state index contributed by atoms with van der Waals surface area (Å²) >= 11 is 0. The van der Waals surface area contributed by atoms with E-state index in [0.29, 0.717) is 5.92 Å². The van der Waals surface area contributed by atoms with E-state index in [2.05, 4.69) is 63.6 Å². The molecule has 5 heteroatoms. The lowest BCUT2D eigenvalue weighted by Gasteiger charge is -2.41. The highest BCUT2D eigenvalue weighted by molar-refractivity contribution is 5.39. The Kier molecular flexibility index (Phi) is 5.18. The fourth-order valence-corrected chi connectivity index (χ4v) is 4.13. The lowest BCUT2D eigenvalue weighted by atomic mass is 9.72. The third-order valence-electron chi connectivity index (χ3n) is 5.97. The molecule has 2 fully saturated rings. The molecule has 2 aliphatic rings. The highest BCUT2D eigenvalue weighted by Gasteiger charge is 2.35. The molecular formula is C21H28N4O. The van der Waals surface area contributed by atoms with E-state index in [0.717, 1.165) is 63.6 Å². The molecule has 4 rings (SSSR count). The molecule has 1 aromatic heterocycles. The number of nitrogens with one attached hydrogen (secondary N) is 1. The molecule has 0 radical (unpaired) electrons. The van der Waals surface area contributed by atoms with Crippen LogP contribution in [0.4, 0.5) is 5.82 Å². The van der Waals surface area contributed by atoms with Crippen LogP contribution >= 0.6 is 0 Å². The second-order valence-electron chi connectivity index (χ2n) is 7.69. The van der Waals surface area contributed by atoms with Crippen molar-refractivity contribution in [2.45, 2.75) is 30.6 Å². The number of ether oxygens (including phenoxy) is 1. The van der Waals surface area contributed by atoms with Gasteiger partial charge in [-0.2, -0.15) is 0 Å². The van der Waals surface area contributed by atoms with Crippen LogP contribution in [0.2, 0.25) is 0 Å². The Morgan fingerprint density at radius 1 is 1.19 bits per heavy atom. The van der Waals surface area contributed by atoms with Gasteiger partial charge in [0.2, 0.25) is 0 Å². The molecule has 1 N–H and O–H groups in total. The predicted molar refractivity (Wildman–Crippen MR) is 104 cm³/mol. The van der Waals surface area contributed by atoms with Crippen LogP contribution in [0.5, 0.6) is 0 Å². The van der Waals surface area contributed by atoms with Gasteiger partial charge in [0.15, 0.2) is 0 Å². The molecule has 0 spiro atoms. The van der Waals surface area contributed by atoms with Crippen molar-refractivity contribution in [2.24, 2.45) is 0 Å². The van der Waals surface area contributed by atoms with E-state index in [1.807, 2.05) is 0 Å². The smallest absolute Gasteiger partial charge is 0.129 e. The maximum Gasteiger partial charge on any atom is 0.129 e. The molecule has 0 unspecified atom stereocenters. The number of aromatic nitrogens is 2. The molecule has 0 amide bonds. The monoisotopic (exact) mass is 352 g/mol. The Hall–Kier alpha value is -1.98. The average molecular weight is 352 g/mol. The van der Waals surface area contributed by atoms with Crippen molar-refractivity contribution in [3.8, 4) is 0 Å². The summed E-state index contributed by atoms with van der Waals surface area (Å²) in [5, 5.41) is 3.62. The summed E-state index contributed by atoms with van der Waals surface area (Å²) in [5.74, 6) is 1.33. The molecule has 0 saturated carbocycles. The van der Waals surface area contributed by atoms with E-state index >= 15 is 0 Å². The normalized spacial score (nSPS) is 23.0. The van der Waals surface area contributed by atoms with Crippen molar-refractivity contribution in [1.29, 1.82) is 0 Å². The molecule has 2 saturated heterocycles. The van der Waals surface area contributed by atoms with Gasteiger partial charge in [0.05, 0.1) is 12.3 Å². The van der Waals surface area contributed by atoms with Gasteiger partial charge < -0.3 is 15.0 Å². The fourth-order valence-electron chi connectivity index (χ4n) is 4.13. The Morgan fingerprint density at radius 3 is 2.73 bits per heavy atom. The molecule has 2 aromatic rings. The Morgan fingerprint density at radius 2 is 2.00 bits per heavy atom. The van der Waals surface area contributed by atoms with Gasteiger partial charge in [-0.1, -0.05) is 30.3 Å². The van der Waals surface area contributed by atoms with Gasteiger partial charge in [-0.05, 0) is 45.0 Å². The van der Waals surface area contributed by atoms with Crippen molar-refractivity contribution in [1.82, 2.24) is 14.9 Å². The van der Waals surface area contributed by atoms with Crippen LogP contribution in [0.25, 0.3) is 0 Å². The molecular weight excluding hydrogens is 324 g/mol. The standard InChI is InChI=1S/C21H28N4O/c1-25-10-8-21(9-11-25,18-5-3-2-4-6-18)15-22-20-13-19(23-16-24-20)17-7-12-26-14-17/h2-6,13,16-17H,7-12,14-15H2,1H3,(H,22,23,24)/t17-/m0/s1. The number of hydrogen-bond donors (Lipinski definition) is 1. The van der Waals surface area contributed by atoms with Gasteiger partial charge in [-0.3, -0.25) is 0 Å². The van der Waals surface area contributed by atoms with Crippen LogP contribution in [0.3, 0.4) is 0 Å². The van der Waals surface area contributed by atoms with E-state index in [9.17, 15) is 0 Å². The molecule has 3 heterocycles. The quantitative estimate of drug-likeness (QED) is 0.896. The highest BCUT2D eigenvalue weighted by Crippen LogP contribution is 2.35. The first-order chi connectivity index (χ1) is 12.8. The van der Waals surface area contributed by atoms with Gasteiger partial charge in [-0.25, -0.2) is 9.97 Å². The van der Waals surface area contributed by atoms with Crippen LogP contribution < -0.4 is 5.32 Å². The molecule has 0 bridgehead atoms. The Labute approximate surface area is 155 Å². The van der Waals surface area contributed by atoms with Crippen molar-refractivity contribution in [2.75, 3.05) is 45.2 Å². The van der Waals surface area contributed by atoms with Crippen molar-refractivity contribution >= 4 is 5.82 Å². The number of hydrogen-bond acceptors (Lipinski definition) is 5. The second-order valence-corrected chi connectivity index (χ2v) is 7.69. The number of nitrogens with zero attached hydrogens (tertiary/aromatic N) is 3. The van der Waals surface area contributed by atoms with Crippen LogP contribution in [0.15, 0.2) is 42.7 Å². The first-order valence-electron chi connectivity index (χ1n) is 9.63. The zero-order valence-corrected chi connectivity index (χ0v) is 15.5. The Bertz CT molecular complexity index is 707. The first-order valence-corrected chi connectivity index (χ1v) is 9.63. The third-order valence-corrected chi connectivity index (χ3v) is 5.97. The highest BCUT2D eigenvalue weighted by atomic mass is 16.5. The maximum atomic E-state index is 5.50. The zero-order valence-electron chi connectivity index (χ0n) is 15.5. The lowest BCUT2D eigenvalue weighted by molar-refractivity contribution is 0.193. The van der Waals surface area contributed by atoms with Crippen LogP contribution in [0, 0.1) is 0 Å². The van der Waals surface area contributed by atoms with Crippen LogP contribution in [-0.4, -0.2) is 54.8 Å². The topological polar surface area (TPSA) is 50.3 Å². The largest absolute Gasteiger partial charge is 0.381 e. The summed E-state index contributed by atoms with van der Waals surface area (Å²) in [6.07, 6.45) is 5.06. The Balaban J connectivity index is 1.51. The molecule has 26 heavy (non-hydrogen) atoms. The maximum absolute atomic E-state index is 5.50. The van der Waals surface area contributed by atoms with Crippen LogP contribution in [0.1, 0.15) is 36.4 Å². The van der Waals surface area contributed by atoms with Gasteiger partial charge in [0, 0.05) is 30.6 Å². The minimum Gasteiger partial charge on any atom is -0.381 e. The summed E-state index contributed by atoms with van der Waals surface area (Å²) in [4.78, 5) is 11.3. The lowest BCUT2D eigenvalue weighted by Crippen LogP contribution is -2.45. The number of piperidine rings is 1. The SMILES string of the molecule is CN1CCC(CNc2cc([C@H]3CCOC3)ncn2)(c2ccccc2)CC1. The number of likely N-dealkylation sites (tertiary alicyclic amines) is 1. The third kappa shape index (κ3) is 3.74. The van der Waals surface area contributed by atoms with E-state index < -0.39 is 0 Å². The summed E-state index contributed by atoms with van der Waals surface area (Å²) in [6.45, 7) is 4.78. The van der Waals surface area contributed by atoms with Crippen molar-refractivity contribution in [3.63, 3.8) is 0 Å². The molecule has 2 aliphatic heterocycles. The van der Waals surface area contributed by atoms with Crippen molar-refractivity contribution in [3.05, 3.63) is 54.0 Å². The zero-order chi connectivity index (χ0) is 17.8. The summed E-state index contributed by atoms with van der Waals surface area (Å²) in [6, 6.07) is 13.0. The number of rotatable bonds is 5. The van der Waals surface area contributed by atoms with Crippen LogP contribution in [-0.2, 0) is 10.2 Å². The minimum absolute atomic E-state index is 0.162. The first kappa shape index (κ1) is 17.4. The second kappa shape index (κ2) is 7.72. The van der Waals surface area contributed by atoms with Gasteiger partial charge in [0.25, 0.3) is 0 Å². The van der Waals surface area contributed by atoms with E-state index in [-0.39, 0.29) is 5.41 Å². The molecule has 1 atom stereocenters.